The Bertz CT molecular complexity index is 1480. The number of hydrogen-bond donors (Lipinski definition) is 1. The monoisotopic (exact) mass is 628 g/mol. The molecule has 12 heteroatoms. The molecule has 3 aromatic rings. The number of carbonyl (C=O) groups excluding carboxylic acids is 1. The van der Waals surface area contributed by atoms with E-state index in [9.17, 15) is 30.8 Å². The summed E-state index contributed by atoms with van der Waals surface area (Å²) < 4.78 is 84.2. The Labute approximate surface area is 248 Å². The highest BCUT2D eigenvalue weighted by molar-refractivity contribution is 7.90. The van der Waals surface area contributed by atoms with Crippen molar-refractivity contribution in [2.24, 2.45) is 0 Å². The van der Waals surface area contributed by atoms with Gasteiger partial charge in [-0.1, -0.05) is 48.9 Å². The minimum atomic E-state index is -4.59. The van der Waals surface area contributed by atoms with E-state index in [2.05, 4.69) is 5.32 Å². The van der Waals surface area contributed by atoms with E-state index in [1.807, 2.05) is 11.8 Å². The molecule has 0 aliphatic heterocycles. The summed E-state index contributed by atoms with van der Waals surface area (Å²) in [5.41, 5.74) is 0.728. The van der Waals surface area contributed by atoms with Crippen LogP contribution in [-0.2, 0) is 33.9 Å². The van der Waals surface area contributed by atoms with Crippen LogP contribution in [0.2, 0.25) is 5.02 Å². The van der Waals surface area contributed by atoms with Crippen LogP contribution in [0.3, 0.4) is 0 Å². The summed E-state index contributed by atoms with van der Waals surface area (Å²) in [6, 6.07) is 14.5. The van der Waals surface area contributed by atoms with Crippen LogP contribution >= 0.6 is 11.6 Å². The molecule has 0 spiro atoms. The molecule has 0 aliphatic carbocycles. The molecule has 228 valence electrons. The van der Waals surface area contributed by atoms with Crippen molar-refractivity contribution >= 4 is 27.3 Å². The number of amides is 1. The standard InChI is InChI=1S/C30H33ClF4N2O4S/c1-20(22-8-11-25(32)12-9-22)18-37(19-24-6-4-7-27(29(24)31)30(33,34)35)14-5-15-41-26-13-10-23(17-36-21(2)38)28(16-26)42(3,39)40/h4,6-13,16,20H,5,14-15,17-19H2,1-3H3,(H,36,38). The molecule has 1 atom stereocenters. The molecule has 0 fully saturated rings. The lowest BCUT2D eigenvalue weighted by atomic mass is 10.00. The Morgan fingerprint density at radius 1 is 1.07 bits per heavy atom. The van der Waals surface area contributed by atoms with E-state index in [4.69, 9.17) is 16.3 Å². The molecule has 3 rings (SSSR count). The lowest BCUT2D eigenvalue weighted by Gasteiger charge is -2.27. The SMILES string of the molecule is CC(=O)NCc1ccc(OCCCN(Cc2cccc(C(F)(F)F)c2Cl)CC(C)c2ccc(F)cc2)cc1S(C)(=O)=O. The van der Waals surface area contributed by atoms with Crippen molar-refractivity contribution in [3.05, 3.63) is 93.8 Å². The summed E-state index contributed by atoms with van der Waals surface area (Å²) in [7, 11) is -3.60. The highest BCUT2D eigenvalue weighted by Gasteiger charge is 2.34. The largest absolute Gasteiger partial charge is 0.494 e. The van der Waals surface area contributed by atoms with Gasteiger partial charge in [0.15, 0.2) is 9.84 Å². The van der Waals surface area contributed by atoms with Gasteiger partial charge in [0.2, 0.25) is 5.91 Å². The Kier molecular flexibility index (Phi) is 11.4. The minimum absolute atomic E-state index is 0.0442. The average molecular weight is 629 g/mol. The fourth-order valence-electron chi connectivity index (χ4n) is 4.49. The van der Waals surface area contributed by atoms with E-state index in [1.165, 1.54) is 31.2 Å². The van der Waals surface area contributed by atoms with Gasteiger partial charge in [-0.25, -0.2) is 12.8 Å². The maximum absolute atomic E-state index is 13.4. The van der Waals surface area contributed by atoms with Crippen LogP contribution in [0.4, 0.5) is 17.6 Å². The number of benzene rings is 3. The fraction of sp³-hybridized carbons (Fsp3) is 0.367. The quantitative estimate of drug-likeness (QED) is 0.170. The second-order valence-electron chi connectivity index (χ2n) is 10.1. The topological polar surface area (TPSA) is 75.7 Å². The van der Waals surface area contributed by atoms with Crippen LogP contribution in [0.1, 0.15) is 48.4 Å². The molecule has 42 heavy (non-hydrogen) atoms. The second kappa shape index (κ2) is 14.3. The summed E-state index contributed by atoms with van der Waals surface area (Å²) in [4.78, 5) is 13.3. The number of hydrogen-bond acceptors (Lipinski definition) is 5. The summed E-state index contributed by atoms with van der Waals surface area (Å²) in [5, 5.41) is 2.23. The lowest BCUT2D eigenvalue weighted by molar-refractivity contribution is -0.137. The van der Waals surface area contributed by atoms with E-state index in [0.717, 1.165) is 17.9 Å². The number of carbonyl (C=O) groups is 1. The number of nitrogens with zero attached hydrogens (tertiary/aromatic N) is 1. The summed E-state index contributed by atoms with van der Waals surface area (Å²) >= 11 is 6.17. The maximum Gasteiger partial charge on any atom is 0.417 e. The number of ether oxygens (including phenoxy) is 1. The van der Waals surface area contributed by atoms with Gasteiger partial charge in [0.25, 0.3) is 0 Å². The number of alkyl halides is 3. The number of nitrogens with one attached hydrogen (secondary N) is 1. The van der Waals surface area contributed by atoms with E-state index >= 15 is 0 Å². The first-order valence-corrected chi connectivity index (χ1v) is 15.4. The van der Waals surface area contributed by atoms with E-state index < -0.39 is 21.6 Å². The average Bonchev–Trinajstić information content (AvgIpc) is 2.90. The molecule has 0 saturated carbocycles. The number of sulfone groups is 1. The summed E-state index contributed by atoms with van der Waals surface area (Å²) in [5.74, 6) is -0.392. The lowest BCUT2D eigenvalue weighted by Crippen LogP contribution is -2.30. The number of rotatable bonds is 13. The molecule has 0 bridgehead atoms. The Balaban J connectivity index is 1.73. The van der Waals surface area contributed by atoms with Crippen molar-refractivity contribution in [1.29, 1.82) is 0 Å². The molecule has 0 aromatic heterocycles. The Morgan fingerprint density at radius 3 is 2.38 bits per heavy atom. The van der Waals surface area contributed by atoms with Crippen molar-refractivity contribution in [3.63, 3.8) is 0 Å². The maximum atomic E-state index is 13.4. The molecular formula is C30H33ClF4N2O4S. The van der Waals surface area contributed by atoms with Crippen LogP contribution < -0.4 is 10.1 Å². The van der Waals surface area contributed by atoms with E-state index in [0.29, 0.717) is 36.4 Å². The molecule has 6 nitrogen and oxygen atoms in total. The van der Waals surface area contributed by atoms with Crippen molar-refractivity contribution in [3.8, 4) is 5.75 Å². The first-order valence-electron chi connectivity index (χ1n) is 13.2. The van der Waals surface area contributed by atoms with Gasteiger partial charge in [0, 0.05) is 39.4 Å². The van der Waals surface area contributed by atoms with Crippen molar-refractivity contribution in [1.82, 2.24) is 10.2 Å². The predicted molar refractivity (Wildman–Crippen MR) is 154 cm³/mol. The fourth-order valence-corrected chi connectivity index (χ4v) is 5.73. The van der Waals surface area contributed by atoms with Crippen molar-refractivity contribution < 1.29 is 35.5 Å². The van der Waals surface area contributed by atoms with Gasteiger partial charge >= 0.3 is 6.18 Å². The molecular weight excluding hydrogens is 596 g/mol. The van der Waals surface area contributed by atoms with Crippen LogP contribution in [-0.4, -0.2) is 45.2 Å². The second-order valence-corrected chi connectivity index (χ2v) is 12.5. The molecule has 0 aliphatic rings. The highest BCUT2D eigenvalue weighted by Crippen LogP contribution is 2.36. The third-order valence-corrected chi connectivity index (χ3v) is 8.23. The minimum Gasteiger partial charge on any atom is -0.494 e. The third kappa shape index (κ3) is 9.71. The van der Waals surface area contributed by atoms with Crippen molar-refractivity contribution in [2.45, 2.75) is 50.3 Å². The van der Waals surface area contributed by atoms with Gasteiger partial charge < -0.3 is 10.1 Å². The first kappa shape index (κ1) is 33.4. The Hall–Kier alpha value is -3.15. The van der Waals surface area contributed by atoms with Gasteiger partial charge in [0.05, 0.1) is 22.1 Å². The summed E-state index contributed by atoms with van der Waals surface area (Å²) in [6.07, 6.45) is -3.05. The van der Waals surface area contributed by atoms with Gasteiger partial charge in [0.1, 0.15) is 11.6 Å². The van der Waals surface area contributed by atoms with Gasteiger partial charge in [-0.3, -0.25) is 9.69 Å². The van der Waals surface area contributed by atoms with Crippen molar-refractivity contribution in [2.75, 3.05) is 26.0 Å². The number of halogens is 5. The predicted octanol–water partition coefficient (Wildman–Crippen LogP) is 6.61. The smallest absolute Gasteiger partial charge is 0.417 e. The van der Waals surface area contributed by atoms with Crippen LogP contribution in [0.5, 0.6) is 5.75 Å². The van der Waals surface area contributed by atoms with Gasteiger partial charge in [-0.15, -0.1) is 0 Å². The molecule has 0 radical (unpaired) electrons. The molecule has 1 N–H and O–H groups in total. The Morgan fingerprint density at radius 2 is 1.76 bits per heavy atom. The first-order chi connectivity index (χ1) is 19.6. The normalized spacial score (nSPS) is 12.8. The zero-order valence-electron chi connectivity index (χ0n) is 23.5. The molecule has 0 saturated heterocycles. The molecule has 1 unspecified atom stereocenters. The van der Waals surface area contributed by atoms with E-state index in [1.54, 1.807) is 30.3 Å². The van der Waals surface area contributed by atoms with Gasteiger partial charge in [-0.2, -0.15) is 13.2 Å². The van der Waals surface area contributed by atoms with Crippen LogP contribution in [0.25, 0.3) is 0 Å². The highest BCUT2D eigenvalue weighted by atomic mass is 35.5. The molecule has 1 amide bonds. The zero-order chi connectivity index (χ0) is 31.1. The zero-order valence-corrected chi connectivity index (χ0v) is 25.0. The van der Waals surface area contributed by atoms with Crippen LogP contribution in [0, 0.1) is 5.82 Å². The molecule has 3 aromatic carbocycles. The third-order valence-electron chi connectivity index (χ3n) is 6.60. The molecule has 0 heterocycles. The summed E-state index contributed by atoms with van der Waals surface area (Å²) in [6.45, 7) is 4.56. The van der Waals surface area contributed by atoms with Gasteiger partial charge in [-0.05, 0) is 59.4 Å². The van der Waals surface area contributed by atoms with E-state index in [-0.39, 0.29) is 47.3 Å². The van der Waals surface area contributed by atoms with Crippen LogP contribution in [0.15, 0.2) is 65.6 Å².